The molecule has 0 aliphatic rings. The van der Waals surface area contributed by atoms with Crippen LogP contribution in [0, 0.1) is 0 Å². The molecule has 0 aliphatic heterocycles. The van der Waals surface area contributed by atoms with Crippen LogP contribution in [0.2, 0.25) is 0 Å². The highest BCUT2D eigenvalue weighted by Crippen LogP contribution is 2.43. The molecule has 0 saturated heterocycles. The first-order chi connectivity index (χ1) is 23.3. The second-order valence-corrected chi connectivity index (χ2v) is 12.4. The average molecular weight is 601 g/mol. The van der Waals surface area contributed by atoms with Crippen molar-refractivity contribution >= 4 is 87.4 Å². The molecule has 3 nitrogen and oxygen atoms in total. The molecule has 3 aromatic heterocycles. The van der Waals surface area contributed by atoms with Gasteiger partial charge in [0.2, 0.25) is 0 Å². The molecule has 0 amide bonds. The summed E-state index contributed by atoms with van der Waals surface area (Å²) < 4.78 is 19.1. The average Bonchev–Trinajstić information content (AvgIpc) is 3.64. The van der Waals surface area contributed by atoms with Crippen molar-refractivity contribution in [1.82, 2.24) is 0 Å². The van der Waals surface area contributed by atoms with Gasteiger partial charge in [-0.05, 0) is 92.3 Å². The Morgan fingerprint density at radius 3 is 1.15 bits per heavy atom. The molecule has 0 unspecified atom stereocenters. The first-order valence-corrected chi connectivity index (χ1v) is 15.9. The van der Waals surface area contributed by atoms with E-state index in [0.29, 0.717) is 0 Å². The van der Waals surface area contributed by atoms with E-state index in [4.69, 9.17) is 13.3 Å². The molecule has 3 heteroatoms. The van der Waals surface area contributed by atoms with E-state index in [1.165, 1.54) is 21.9 Å². The Morgan fingerprint density at radius 2 is 0.638 bits per heavy atom. The Morgan fingerprint density at radius 1 is 0.255 bits per heavy atom. The SMILES string of the molecule is c1ccc2c(c1)oc1ccc(-c3ccc4oc5ccc(-c6ccc7oc8ccccc8c7c6)c6cccc(c7cccc3c47)c56)cc12. The topological polar surface area (TPSA) is 39.4 Å². The number of hydrogen-bond acceptors (Lipinski definition) is 3. The van der Waals surface area contributed by atoms with Gasteiger partial charge in [0.1, 0.15) is 33.5 Å². The minimum atomic E-state index is 0.866. The van der Waals surface area contributed by atoms with Gasteiger partial charge in [0.25, 0.3) is 0 Å². The maximum absolute atomic E-state index is 6.83. The number of rotatable bonds is 2. The third kappa shape index (κ3) is 3.46. The summed E-state index contributed by atoms with van der Waals surface area (Å²) in [6.45, 7) is 0. The fourth-order valence-electron chi connectivity index (χ4n) is 7.78. The van der Waals surface area contributed by atoms with Crippen molar-refractivity contribution in [1.29, 1.82) is 0 Å². The molecular weight excluding hydrogens is 576 g/mol. The number of fused-ring (bicyclic) bond motifs is 7. The van der Waals surface area contributed by atoms with Crippen LogP contribution in [-0.4, -0.2) is 0 Å². The van der Waals surface area contributed by atoms with Crippen molar-refractivity contribution in [3.63, 3.8) is 0 Å². The Balaban J connectivity index is 1.18. The zero-order valence-electron chi connectivity index (χ0n) is 25.1. The number of benzene rings is 8. The Hall–Kier alpha value is -6.32. The normalized spacial score (nSPS) is 12.3. The van der Waals surface area contributed by atoms with E-state index in [9.17, 15) is 0 Å². The standard InChI is InChI=1S/C44H24O3/c1-3-13-37-29(7-1)35-23-25(15-19-39(35)45-37)27-17-21-41-43-31(27)9-5-11-33(43)34-12-6-10-32-28(18-22-42(47-41)44(32)34)26-16-20-40-36(24-26)30-8-2-4-14-38(30)46-40/h1-24H. The summed E-state index contributed by atoms with van der Waals surface area (Å²) in [4.78, 5) is 0. The van der Waals surface area contributed by atoms with Crippen LogP contribution in [0.5, 0.6) is 0 Å². The van der Waals surface area contributed by atoms with Crippen molar-refractivity contribution in [2.45, 2.75) is 0 Å². The van der Waals surface area contributed by atoms with E-state index in [0.717, 1.165) is 87.7 Å². The van der Waals surface area contributed by atoms with Gasteiger partial charge in [-0.15, -0.1) is 0 Å². The van der Waals surface area contributed by atoms with Gasteiger partial charge >= 0.3 is 0 Å². The highest BCUT2D eigenvalue weighted by Gasteiger charge is 2.17. The Bertz CT molecular complexity index is 2870. The second kappa shape index (κ2) is 9.12. The summed E-state index contributed by atoms with van der Waals surface area (Å²) in [6.07, 6.45) is 0. The van der Waals surface area contributed by atoms with Gasteiger partial charge in [-0.2, -0.15) is 0 Å². The minimum absolute atomic E-state index is 0.866. The van der Waals surface area contributed by atoms with Crippen LogP contribution in [0.3, 0.4) is 0 Å². The smallest absolute Gasteiger partial charge is 0.135 e. The van der Waals surface area contributed by atoms with Crippen molar-refractivity contribution in [3.05, 3.63) is 146 Å². The molecule has 0 N–H and O–H groups in total. The van der Waals surface area contributed by atoms with Gasteiger partial charge in [0, 0.05) is 32.3 Å². The summed E-state index contributed by atoms with van der Waals surface area (Å²) in [6, 6.07) is 51.3. The van der Waals surface area contributed by atoms with Crippen LogP contribution in [0.1, 0.15) is 0 Å². The number of furan rings is 2. The van der Waals surface area contributed by atoms with Crippen molar-refractivity contribution < 1.29 is 13.3 Å². The summed E-state index contributed by atoms with van der Waals surface area (Å²) in [5.41, 5.74) is 9.98. The quantitative estimate of drug-likeness (QED) is 0.198. The van der Waals surface area contributed by atoms with Gasteiger partial charge in [0.15, 0.2) is 0 Å². The van der Waals surface area contributed by atoms with Crippen LogP contribution in [0.4, 0.5) is 0 Å². The number of hydrogen-bond donors (Lipinski definition) is 0. The highest BCUT2D eigenvalue weighted by molar-refractivity contribution is 6.26. The largest absolute Gasteiger partial charge is 0.456 e. The molecule has 47 heavy (non-hydrogen) atoms. The molecule has 0 spiro atoms. The molecule has 0 fully saturated rings. The lowest BCUT2D eigenvalue weighted by molar-refractivity contribution is 0.664. The molecular formula is C44H24O3. The molecule has 3 heterocycles. The molecule has 11 rings (SSSR count). The lowest BCUT2D eigenvalue weighted by atomic mass is 9.92. The van der Waals surface area contributed by atoms with Crippen LogP contribution in [0.25, 0.3) is 110 Å². The van der Waals surface area contributed by atoms with E-state index >= 15 is 0 Å². The molecule has 0 aliphatic carbocycles. The predicted octanol–water partition coefficient (Wildman–Crippen LogP) is 13.0. The monoisotopic (exact) mass is 600 g/mol. The van der Waals surface area contributed by atoms with Crippen LogP contribution < -0.4 is 0 Å². The zero-order chi connectivity index (χ0) is 30.6. The molecule has 218 valence electrons. The molecule has 8 aromatic carbocycles. The molecule has 0 atom stereocenters. The van der Waals surface area contributed by atoms with Gasteiger partial charge in [-0.25, -0.2) is 0 Å². The van der Waals surface area contributed by atoms with Crippen LogP contribution in [0.15, 0.2) is 159 Å². The van der Waals surface area contributed by atoms with Crippen LogP contribution >= 0.6 is 0 Å². The Kier molecular flexibility index (Phi) is 4.84. The van der Waals surface area contributed by atoms with Crippen molar-refractivity contribution in [2.24, 2.45) is 0 Å². The van der Waals surface area contributed by atoms with Gasteiger partial charge in [0.05, 0.1) is 0 Å². The maximum atomic E-state index is 6.83. The minimum Gasteiger partial charge on any atom is -0.456 e. The predicted molar refractivity (Wildman–Crippen MR) is 194 cm³/mol. The van der Waals surface area contributed by atoms with Gasteiger partial charge < -0.3 is 13.3 Å². The fourth-order valence-corrected chi connectivity index (χ4v) is 7.78. The van der Waals surface area contributed by atoms with E-state index in [2.05, 4.69) is 121 Å². The van der Waals surface area contributed by atoms with Crippen molar-refractivity contribution in [2.75, 3.05) is 0 Å². The molecule has 0 saturated carbocycles. The first kappa shape index (κ1) is 24.9. The summed E-state index contributed by atoms with van der Waals surface area (Å²) in [5.74, 6) is 0. The summed E-state index contributed by atoms with van der Waals surface area (Å²) in [5, 5.41) is 11.4. The lowest BCUT2D eigenvalue weighted by Crippen LogP contribution is -1.84. The summed E-state index contributed by atoms with van der Waals surface area (Å²) >= 11 is 0. The fraction of sp³-hybridized carbons (Fsp3) is 0. The van der Waals surface area contributed by atoms with Gasteiger partial charge in [-0.1, -0.05) is 97.1 Å². The third-order valence-corrected chi connectivity index (χ3v) is 9.89. The molecule has 0 radical (unpaired) electrons. The number of para-hydroxylation sites is 2. The third-order valence-electron chi connectivity index (χ3n) is 9.89. The van der Waals surface area contributed by atoms with Crippen LogP contribution in [-0.2, 0) is 0 Å². The molecule has 0 bridgehead atoms. The first-order valence-electron chi connectivity index (χ1n) is 15.9. The van der Waals surface area contributed by atoms with E-state index in [-0.39, 0.29) is 0 Å². The molecule has 11 aromatic rings. The lowest BCUT2D eigenvalue weighted by Gasteiger charge is -2.10. The highest BCUT2D eigenvalue weighted by atomic mass is 16.3. The second-order valence-electron chi connectivity index (χ2n) is 12.4. The van der Waals surface area contributed by atoms with Crippen molar-refractivity contribution in [3.8, 4) is 22.3 Å². The zero-order valence-corrected chi connectivity index (χ0v) is 25.1. The van der Waals surface area contributed by atoms with Gasteiger partial charge in [-0.3, -0.25) is 0 Å². The van der Waals surface area contributed by atoms with E-state index in [1.54, 1.807) is 0 Å². The maximum Gasteiger partial charge on any atom is 0.135 e. The van der Waals surface area contributed by atoms with E-state index < -0.39 is 0 Å². The summed E-state index contributed by atoms with van der Waals surface area (Å²) in [7, 11) is 0. The van der Waals surface area contributed by atoms with E-state index in [1.807, 2.05) is 24.3 Å². The Labute approximate surface area is 267 Å².